The molecule has 0 saturated carbocycles. The molecule has 1 aliphatic rings. The summed E-state index contributed by atoms with van der Waals surface area (Å²) in [6.45, 7) is 2.20. The maximum Gasteiger partial charge on any atom is 0.118 e. The lowest BCUT2D eigenvalue weighted by Crippen LogP contribution is -2.34. The van der Waals surface area contributed by atoms with Gasteiger partial charge in [0.15, 0.2) is 0 Å². The Labute approximate surface area is 102 Å². The predicted octanol–water partition coefficient (Wildman–Crippen LogP) is 2.86. The van der Waals surface area contributed by atoms with Crippen LogP contribution in [0.4, 0.5) is 0 Å². The zero-order chi connectivity index (χ0) is 11.4. The van der Waals surface area contributed by atoms with E-state index in [0.29, 0.717) is 0 Å². The van der Waals surface area contributed by atoms with Crippen LogP contribution in [0.15, 0.2) is 24.3 Å². The molecular weight excluding hydrogens is 218 g/mol. The third kappa shape index (κ3) is 2.53. The molecule has 2 nitrogen and oxygen atoms in total. The standard InChI is InChI=1S/C13H17NOS/c1-15-12-7-5-11(6-8-12)13(16)14-9-3-2-4-10-14/h5-8H,2-4,9-10H2,1H3. The van der Waals surface area contributed by atoms with Gasteiger partial charge >= 0.3 is 0 Å². The van der Waals surface area contributed by atoms with Crippen LogP contribution in [0.1, 0.15) is 24.8 Å². The van der Waals surface area contributed by atoms with Crippen LogP contribution in [0.5, 0.6) is 5.75 Å². The molecule has 1 saturated heterocycles. The van der Waals surface area contributed by atoms with Crippen molar-refractivity contribution >= 4 is 17.2 Å². The first kappa shape index (κ1) is 11.4. The summed E-state index contributed by atoms with van der Waals surface area (Å²) in [6.07, 6.45) is 3.86. The van der Waals surface area contributed by atoms with Crippen molar-refractivity contribution in [3.8, 4) is 5.75 Å². The molecule has 0 amide bonds. The molecule has 0 unspecified atom stereocenters. The number of thiocarbonyl (C=S) groups is 1. The van der Waals surface area contributed by atoms with Gasteiger partial charge in [-0.3, -0.25) is 0 Å². The molecule has 0 N–H and O–H groups in total. The van der Waals surface area contributed by atoms with E-state index in [0.717, 1.165) is 29.4 Å². The Balaban J connectivity index is 2.07. The number of nitrogens with zero attached hydrogens (tertiary/aromatic N) is 1. The molecule has 0 atom stereocenters. The van der Waals surface area contributed by atoms with E-state index in [1.165, 1.54) is 19.3 Å². The lowest BCUT2D eigenvalue weighted by Gasteiger charge is -2.29. The van der Waals surface area contributed by atoms with Crippen LogP contribution in [0.2, 0.25) is 0 Å². The summed E-state index contributed by atoms with van der Waals surface area (Å²) < 4.78 is 5.14. The van der Waals surface area contributed by atoms with E-state index in [2.05, 4.69) is 4.90 Å². The zero-order valence-electron chi connectivity index (χ0n) is 9.61. The molecule has 1 heterocycles. The second-order valence-electron chi connectivity index (χ2n) is 4.08. The molecule has 1 aromatic rings. The first-order valence-corrected chi connectivity index (χ1v) is 6.15. The Morgan fingerprint density at radius 2 is 1.75 bits per heavy atom. The highest BCUT2D eigenvalue weighted by atomic mass is 32.1. The van der Waals surface area contributed by atoms with Gasteiger partial charge in [0.25, 0.3) is 0 Å². The van der Waals surface area contributed by atoms with E-state index < -0.39 is 0 Å². The Hall–Kier alpha value is -1.09. The van der Waals surface area contributed by atoms with Crippen LogP contribution in [0, 0.1) is 0 Å². The van der Waals surface area contributed by atoms with Crippen molar-refractivity contribution in [1.82, 2.24) is 4.90 Å². The summed E-state index contributed by atoms with van der Waals surface area (Å²) in [6, 6.07) is 8.00. The monoisotopic (exact) mass is 235 g/mol. The average Bonchev–Trinajstić information content (AvgIpc) is 2.39. The van der Waals surface area contributed by atoms with Crippen LogP contribution in [-0.2, 0) is 0 Å². The van der Waals surface area contributed by atoms with Crippen molar-refractivity contribution in [2.75, 3.05) is 20.2 Å². The van der Waals surface area contributed by atoms with Gasteiger partial charge in [-0.1, -0.05) is 12.2 Å². The van der Waals surface area contributed by atoms with Crippen molar-refractivity contribution in [2.24, 2.45) is 0 Å². The summed E-state index contributed by atoms with van der Waals surface area (Å²) in [7, 11) is 1.68. The van der Waals surface area contributed by atoms with Crippen LogP contribution < -0.4 is 4.74 Å². The fourth-order valence-corrected chi connectivity index (χ4v) is 2.33. The number of rotatable bonds is 2. The lowest BCUT2D eigenvalue weighted by atomic mass is 10.1. The molecule has 0 bridgehead atoms. The first-order chi connectivity index (χ1) is 7.81. The molecule has 16 heavy (non-hydrogen) atoms. The first-order valence-electron chi connectivity index (χ1n) is 5.74. The summed E-state index contributed by atoms with van der Waals surface area (Å²) in [5.74, 6) is 0.880. The highest BCUT2D eigenvalue weighted by Gasteiger charge is 2.14. The molecule has 2 rings (SSSR count). The number of hydrogen-bond acceptors (Lipinski definition) is 2. The Morgan fingerprint density at radius 3 is 2.31 bits per heavy atom. The molecule has 86 valence electrons. The minimum atomic E-state index is 0.880. The molecule has 0 aliphatic carbocycles. The van der Waals surface area contributed by atoms with Crippen molar-refractivity contribution in [2.45, 2.75) is 19.3 Å². The molecule has 1 fully saturated rings. The molecule has 0 spiro atoms. The van der Waals surface area contributed by atoms with Crippen LogP contribution in [0.25, 0.3) is 0 Å². The molecule has 0 radical (unpaired) electrons. The third-order valence-corrected chi connectivity index (χ3v) is 3.47. The smallest absolute Gasteiger partial charge is 0.118 e. The number of likely N-dealkylation sites (tertiary alicyclic amines) is 1. The molecule has 3 heteroatoms. The van der Waals surface area contributed by atoms with Gasteiger partial charge in [0.05, 0.1) is 7.11 Å². The van der Waals surface area contributed by atoms with E-state index in [4.69, 9.17) is 17.0 Å². The molecule has 0 aromatic heterocycles. The largest absolute Gasteiger partial charge is 0.497 e. The zero-order valence-corrected chi connectivity index (χ0v) is 10.4. The third-order valence-electron chi connectivity index (χ3n) is 2.98. The van der Waals surface area contributed by atoms with Gasteiger partial charge in [0, 0.05) is 18.7 Å². The number of methoxy groups -OCH3 is 1. The molecule has 1 aromatic carbocycles. The Bertz CT molecular complexity index is 355. The summed E-state index contributed by atoms with van der Waals surface area (Å²) in [5.41, 5.74) is 1.12. The van der Waals surface area contributed by atoms with Gasteiger partial charge in [0.2, 0.25) is 0 Å². The summed E-state index contributed by atoms with van der Waals surface area (Å²) in [5, 5.41) is 0. The predicted molar refractivity (Wildman–Crippen MR) is 70.1 cm³/mol. The molecule has 1 aliphatic heterocycles. The SMILES string of the molecule is COc1ccc(C(=S)N2CCCCC2)cc1. The van der Waals surface area contributed by atoms with Crippen LogP contribution >= 0.6 is 12.2 Å². The van der Waals surface area contributed by atoms with Gasteiger partial charge in [-0.15, -0.1) is 0 Å². The van der Waals surface area contributed by atoms with E-state index in [-0.39, 0.29) is 0 Å². The number of hydrogen-bond donors (Lipinski definition) is 0. The number of ether oxygens (including phenoxy) is 1. The van der Waals surface area contributed by atoms with Crippen molar-refractivity contribution in [3.05, 3.63) is 29.8 Å². The van der Waals surface area contributed by atoms with Crippen molar-refractivity contribution in [3.63, 3.8) is 0 Å². The van der Waals surface area contributed by atoms with Gasteiger partial charge in [-0.05, 0) is 43.5 Å². The van der Waals surface area contributed by atoms with Crippen molar-refractivity contribution in [1.29, 1.82) is 0 Å². The van der Waals surface area contributed by atoms with E-state index >= 15 is 0 Å². The summed E-state index contributed by atoms with van der Waals surface area (Å²) >= 11 is 5.51. The Kier molecular flexibility index (Phi) is 3.78. The van der Waals surface area contributed by atoms with E-state index in [1.807, 2.05) is 24.3 Å². The topological polar surface area (TPSA) is 12.5 Å². The minimum Gasteiger partial charge on any atom is -0.497 e. The second-order valence-corrected chi connectivity index (χ2v) is 4.47. The summed E-state index contributed by atoms with van der Waals surface area (Å²) in [4.78, 5) is 3.28. The number of benzene rings is 1. The highest BCUT2D eigenvalue weighted by molar-refractivity contribution is 7.80. The van der Waals surface area contributed by atoms with Gasteiger partial charge in [-0.2, -0.15) is 0 Å². The minimum absolute atomic E-state index is 0.880. The normalized spacial score (nSPS) is 15.9. The van der Waals surface area contributed by atoms with Crippen LogP contribution in [-0.4, -0.2) is 30.1 Å². The van der Waals surface area contributed by atoms with Gasteiger partial charge < -0.3 is 9.64 Å². The maximum atomic E-state index is 5.51. The van der Waals surface area contributed by atoms with Crippen LogP contribution in [0.3, 0.4) is 0 Å². The number of piperidine rings is 1. The fraction of sp³-hybridized carbons (Fsp3) is 0.462. The fourth-order valence-electron chi connectivity index (χ4n) is 2.01. The lowest BCUT2D eigenvalue weighted by molar-refractivity contribution is 0.347. The quantitative estimate of drug-likeness (QED) is 0.731. The van der Waals surface area contributed by atoms with E-state index in [9.17, 15) is 0 Å². The van der Waals surface area contributed by atoms with E-state index in [1.54, 1.807) is 7.11 Å². The van der Waals surface area contributed by atoms with Gasteiger partial charge in [0.1, 0.15) is 10.7 Å². The second kappa shape index (κ2) is 5.30. The van der Waals surface area contributed by atoms with Crippen molar-refractivity contribution < 1.29 is 4.74 Å². The molecular formula is C13H17NOS. The van der Waals surface area contributed by atoms with Gasteiger partial charge in [-0.25, -0.2) is 0 Å². The highest BCUT2D eigenvalue weighted by Crippen LogP contribution is 2.16. The maximum absolute atomic E-state index is 5.51. The Morgan fingerprint density at radius 1 is 1.12 bits per heavy atom. The average molecular weight is 235 g/mol.